The molecule has 0 spiro atoms. The zero-order valence-electron chi connectivity index (χ0n) is 10.5. The van der Waals surface area contributed by atoms with Crippen LogP contribution >= 0.6 is 0 Å². The van der Waals surface area contributed by atoms with Gasteiger partial charge in [-0.15, -0.1) is 0 Å². The highest BCUT2D eigenvalue weighted by Gasteiger charge is 2.23. The van der Waals surface area contributed by atoms with Crippen LogP contribution in [0.2, 0.25) is 0 Å². The molecule has 1 aromatic rings. The van der Waals surface area contributed by atoms with Gasteiger partial charge < -0.3 is 10.1 Å². The minimum Gasteiger partial charge on any atom is -0.490 e. The van der Waals surface area contributed by atoms with Crippen molar-refractivity contribution >= 4 is 0 Å². The second kappa shape index (κ2) is 4.69. The van der Waals surface area contributed by atoms with Gasteiger partial charge in [0.2, 0.25) is 0 Å². The molecule has 1 aromatic carbocycles. The summed E-state index contributed by atoms with van der Waals surface area (Å²) < 4.78 is 5.96. The van der Waals surface area contributed by atoms with E-state index in [1.54, 1.807) is 0 Å². The van der Waals surface area contributed by atoms with Gasteiger partial charge in [0.05, 0.1) is 0 Å². The van der Waals surface area contributed by atoms with Crippen LogP contribution in [0.1, 0.15) is 30.9 Å². The summed E-state index contributed by atoms with van der Waals surface area (Å²) in [6.45, 7) is 4.52. The number of hydrogen-bond acceptors (Lipinski definition) is 2. The normalized spacial score (nSPS) is 27.6. The Bertz CT molecular complexity index is 396. The predicted octanol–water partition coefficient (Wildman–Crippen LogP) is 2.55. The van der Waals surface area contributed by atoms with Gasteiger partial charge in [-0.2, -0.15) is 0 Å². The summed E-state index contributed by atoms with van der Waals surface area (Å²) >= 11 is 0. The number of rotatable bonds is 2. The number of hydrogen-bond donors (Lipinski definition) is 1. The van der Waals surface area contributed by atoms with Gasteiger partial charge in [0.15, 0.2) is 0 Å². The van der Waals surface area contributed by atoms with Crippen molar-refractivity contribution in [3.05, 3.63) is 29.3 Å². The van der Waals surface area contributed by atoms with Crippen LogP contribution in [0.15, 0.2) is 18.2 Å². The molecule has 2 aliphatic heterocycles. The molecule has 3 rings (SSSR count). The van der Waals surface area contributed by atoms with E-state index in [1.807, 2.05) is 0 Å². The van der Waals surface area contributed by atoms with E-state index in [9.17, 15) is 0 Å². The molecule has 2 aliphatic rings. The molecule has 0 saturated carbocycles. The lowest BCUT2D eigenvalue weighted by atomic mass is 9.91. The Morgan fingerprint density at radius 1 is 1.41 bits per heavy atom. The van der Waals surface area contributed by atoms with Crippen LogP contribution in [0.4, 0.5) is 0 Å². The molecule has 0 amide bonds. The van der Waals surface area contributed by atoms with Crippen molar-refractivity contribution < 1.29 is 4.74 Å². The molecule has 2 atom stereocenters. The molecule has 92 valence electrons. The van der Waals surface area contributed by atoms with Gasteiger partial charge in [-0.3, -0.25) is 0 Å². The lowest BCUT2D eigenvalue weighted by molar-refractivity contribution is 0.250. The fraction of sp³-hybridized carbons (Fsp3) is 0.600. The third-order valence-electron chi connectivity index (χ3n) is 3.91. The van der Waals surface area contributed by atoms with Crippen molar-refractivity contribution in [1.29, 1.82) is 0 Å². The number of fused-ring (bicyclic) bond motifs is 1. The zero-order valence-corrected chi connectivity index (χ0v) is 10.5. The molecule has 2 unspecified atom stereocenters. The molecule has 1 saturated heterocycles. The Balaban J connectivity index is 1.77. The Kier molecular flexibility index (Phi) is 3.06. The molecule has 1 N–H and O–H groups in total. The maximum Gasteiger partial charge on any atom is 0.126 e. The molecular formula is C15H21NO. The van der Waals surface area contributed by atoms with E-state index in [0.717, 1.165) is 12.3 Å². The van der Waals surface area contributed by atoms with E-state index in [-0.39, 0.29) is 0 Å². The summed E-state index contributed by atoms with van der Waals surface area (Å²) in [4.78, 5) is 0. The predicted molar refractivity (Wildman–Crippen MR) is 69.5 cm³/mol. The summed E-state index contributed by atoms with van der Waals surface area (Å²) in [5.74, 6) is 1.97. The quantitative estimate of drug-likeness (QED) is 0.844. The molecule has 2 nitrogen and oxygen atoms in total. The van der Waals surface area contributed by atoms with E-state index in [0.29, 0.717) is 6.10 Å². The van der Waals surface area contributed by atoms with Crippen LogP contribution in [0.5, 0.6) is 5.75 Å². The highest BCUT2D eigenvalue weighted by atomic mass is 16.5. The number of ether oxygens (including phenoxy) is 1. The van der Waals surface area contributed by atoms with Gasteiger partial charge >= 0.3 is 0 Å². The molecule has 0 radical (unpaired) electrons. The summed E-state index contributed by atoms with van der Waals surface area (Å²) in [7, 11) is 0. The largest absolute Gasteiger partial charge is 0.490 e. The molecule has 0 aliphatic carbocycles. The second-order valence-electron chi connectivity index (χ2n) is 5.45. The molecule has 0 bridgehead atoms. The maximum atomic E-state index is 5.96. The third kappa shape index (κ3) is 2.32. The highest BCUT2D eigenvalue weighted by molar-refractivity contribution is 5.44. The van der Waals surface area contributed by atoms with Crippen molar-refractivity contribution in [3.8, 4) is 5.75 Å². The summed E-state index contributed by atoms with van der Waals surface area (Å²) in [5.41, 5.74) is 2.82. The first-order valence-corrected chi connectivity index (χ1v) is 6.81. The molecule has 17 heavy (non-hydrogen) atoms. The van der Waals surface area contributed by atoms with Crippen LogP contribution in [0, 0.1) is 5.92 Å². The van der Waals surface area contributed by atoms with Gasteiger partial charge in [0.25, 0.3) is 0 Å². The van der Waals surface area contributed by atoms with E-state index in [1.165, 1.54) is 49.2 Å². The smallest absolute Gasteiger partial charge is 0.126 e. The summed E-state index contributed by atoms with van der Waals surface area (Å²) in [6, 6.07) is 6.64. The van der Waals surface area contributed by atoms with Crippen LogP contribution in [0.25, 0.3) is 0 Å². The first kappa shape index (κ1) is 11.1. The first-order valence-electron chi connectivity index (χ1n) is 6.81. The SMILES string of the molecule is CC1Cc2cccc(CC3CCCNC3)c2O1. The van der Waals surface area contributed by atoms with E-state index >= 15 is 0 Å². The Morgan fingerprint density at radius 3 is 3.18 bits per heavy atom. The van der Waals surface area contributed by atoms with Gasteiger partial charge in [-0.25, -0.2) is 0 Å². The Hall–Kier alpha value is -1.02. The molecule has 2 heteroatoms. The number of benzene rings is 1. The number of nitrogens with one attached hydrogen (secondary N) is 1. The summed E-state index contributed by atoms with van der Waals surface area (Å²) in [6.07, 6.45) is 5.27. The van der Waals surface area contributed by atoms with Crippen LogP contribution in [0.3, 0.4) is 0 Å². The van der Waals surface area contributed by atoms with Gasteiger partial charge in [-0.1, -0.05) is 18.2 Å². The molecule has 2 heterocycles. The topological polar surface area (TPSA) is 21.3 Å². The van der Waals surface area contributed by atoms with Crippen LogP contribution in [-0.4, -0.2) is 19.2 Å². The lowest BCUT2D eigenvalue weighted by Gasteiger charge is -2.23. The van der Waals surface area contributed by atoms with Gasteiger partial charge in [0, 0.05) is 6.42 Å². The average molecular weight is 231 g/mol. The molecular weight excluding hydrogens is 210 g/mol. The monoisotopic (exact) mass is 231 g/mol. The number of para-hydroxylation sites is 1. The molecule has 0 aromatic heterocycles. The number of piperidine rings is 1. The van der Waals surface area contributed by atoms with Crippen molar-refractivity contribution in [1.82, 2.24) is 5.32 Å². The van der Waals surface area contributed by atoms with Crippen molar-refractivity contribution in [2.45, 2.75) is 38.7 Å². The van der Waals surface area contributed by atoms with Crippen LogP contribution in [-0.2, 0) is 12.8 Å². The Morgan fingerprint density at radius 2 is 2.35 bits per heavy atom. The summed E-state index contributed by atoms with van der Waals surface area (Å²) in [5, 5.41) is 3.49. The van der Waals surface area contributed by atoms with Crippen LogP contribution < -0.4 is 10.1 Å². The first-order chi connectivity index (χ1) is 8.33. The van der Waals surface area contributed by atoms with Crippen molar-refractivity contribution in [2.24, 2.45) is 5.92 Å². The third-order valence-corrected chi connectivity index (χ3v) is 3.91. The fourth-order valence-electron chi connectivity index (χ4n) is 3.07. The van der Waals surface area contributed by atoms with E-state index < -0.39 is 0 Å². The minimum atomic E-state index is 0.357. The van der Waals surface area contributed by atoms with Gasteiger partial charge in [0.1, 0.15) is 11.9 Å². The fourth-order valence-corrected chi connectivity index (χ4v) is 3.07. The standard InChI is InChI=1S/C15H21NO/c1-11-8-13-5-2-6-14(15(13)17-11)9-12-4-3-7-16-10-12/h2,5-6,11-12,16H,3-4,7-10H2,1H3. The highest BCUT2D eigenvalue weighted by Crippen LogP contribution is 2.34. The maximum absolute atomic E-state index is 5.96. The van der Waals surface area contributed by atoms with Crippen molar-refractivity contribution in [3.63, 3.8) is 0 Å². The average Bonchev–Trinajstić information content (AvgIpc) is 2.72. The Labute approximate surface area is 103 Å². The molecule has 1 fully saturated rings. The van der Waals surface area contributed by atoms with E-state index in [4.69, 9.17) is 4.74 Å². The lowest BCUT2D eigenvalue weighted by Crippen LogP contribution is -2.30. The minimum absolute atomic E-state index is 0.357. The van der Waals surface area contributed by atoms with Crippen molar-refractivity contribution in [2.75, 3.05) is 13.1 Å². The second-order valence-corrected chi connectivity index (χ2v) is 5.45. The zero-order chi connectivity index (χ0) is 11.7. The van der Waals surface area contributed by atoms with E-state index in [2.05, 4.69) is 30.4 Å². The van der Waals surface area contributed by atoms with Gasteiger partial charge in [-0.05, 0) is 56.3 Å².